The van der Waals surface area contributed by atoms with Crippen LogP contribution < -0.4 is 0 Å². The Morgan fingerprint density at radius 1 is 0.967 bits per heavy atom. The molecule has 1 aliphatic heterocycles. The topological polar surface area (TPSA) is 57.2 Å². The molecule has 1 aliphatic rings. The average molecular weight is 399 g/mol. The quantitative estimate of drug-likeness (QED) is 0.559. The molecule has 1 N–H and O–H groups in total. The maximum atomic E-state index is 12.9. The van der Waals surface area contributed by atoms with Crippen molar-refractivity contribution in [3.8, 4) is 11.4 Å². The monoisotopic (exact) mass is 399 g/mol. The summed E-state index contributed by atoms with van der Waals surface area (Å²) in [6.45, 7) is 5.15. The summed E-state index contributed by atoms with van der Waals surface area (Å²) in [7, 11) is 0. The van der Waals surface area contributed by atoms with Crippen molar-refractivity contribution in [2.45, 2.75) is 6.54 Å². The molecule has 5 rings (SSSR count). The van der Waals surface area contributed by atoms with E-state index in [0.717, 1.165) is 67.1 Å². The molecule has 1 amide bonds. The summed E-state index contributed by atoms with van der Waals surface area (Å²) in [6, 6.07) is 18.2. The maximum Gasteiger partial charge on any atom is 0.254 e. The first-order valence-corrected chi connectivity index (χ1v) is 10.4. The van der Waals surface area contributed by atoms with Crippen LogP contribution in [0.25, 0.3) is 22.3 Å². The molecular formula is C24H25N5O. The van der Waals surface area contributed by atoms with Gasteiger partial charge in [-0.25, -0.2) is 4.98 Å². The molecule has 6 nitrogen and oxygen atoms in total. The van der Waals surface area contributed by atoms with Crippen LogP contribution in [0.2, 0.25) is 0 Å². The van der Waals surface area contributed by atoms with Crippen molar-refractivity contribution in [1.29, 1.82) is 0 Å². The predicted molar refractivity (Wildman–Crippen MR) is 118 cm³/mol. The van der Waals surface area contributed by atoms with Crippen LogP contribution in [0.3, 0.4) is 0 Å². The predicted octanol–water partition coefficient (Wildman–Crippen LogP) is 3.49. The highest BCUT2D eigenvalue weighted by Gasteiger charge is 2.22. The fraction of sp³-hybridized carbons (Fsp3) is 0.250. The lowest BCUT2D eigenvalue weighted by Gasteiger charge is -2.35. The first-order chi connectivity index (χ1) is 14.8. The molecule has 0 unspecified atom stereocenters. The van der Waals surface area contributed by atoms with Gasteiger partial charge in [0, 0.05) is 74.5 Å². The van der Waals surface area contributed by atoms with E-state index in [9.17, 15) is 4.79 Å². The number of amides is 1. The third kappa shape index (κ3) is 3.74. The van der Waals surface area contributed by atoms with E-state index in [-0.39, 0.29) is 5.91 Å². The van der Waals surface area contributed by atoms with E-state index < -0.39 is 0 Å². The zero-order valence-electron chi connectivity index (χ0n) is 16.9. The van der Waals surface area contributed by atoms with Gasteiger partial charge in [0.1, 0.15) is 5.82 Å². The Morgan fingerprint density at radius 3 is 2.63 bits per heavy atom. The second-order valence-electron chi connectivity index (χ2n) is 7.72. The van der Waals surface area contributed by atoms with Gasteiger partial charge in [0.05, 0.1) is 0 Å². The number of nitrogens with zero attached hydrogens (tertiary/aromatic N) is 4. The number of hydrogen-bond donors (Lipinski definition) is 1. The van der Waals surface area contributed by atoms with Crippen LogP contribution in [0.1, 0.15) is 10.4 Å². The molecule has 1 saturated heterocycles. The molecule has 0 atom stereocenters. The van der Waals surface area contributed by atoms with Crippen molar-refractivity contribution in [1.82, 2.24) is 24.3 Å². The number of rotatable bonds is 5. The van der Waals surface area contributed by atoms with E-state index >= 15 is 0 Å². The largest absolute Gasteiger partial charge is 0.361 e. The Morgan fingerprint density at radius 2 is 1.80 bits per heavy atom. The number of imidazole rings is 1. The SMILES string of the molecule is O=C(c1ccc2cc[nH]c2c1)N1CCN(CCn2ccnc2-c2ccccc2)CC1. The van der Waals surface area contributed by atoms with Gasteiger partial charge >= 0.3 is 0 Å². The summed E-state index contributed by atoms with van der Waals surface area (Å²) in [6.07, 6.45) is 5.81. The van der Waals surface area contributed by atoms with E-state index in [2.05, 4.69) is 31.6 Å². The minimum Gasteiger partial charge on any atom is -0.361 e. The van der Waals surface area contributed by atoms with Crippen LogP contribution in [-0.2, 0) is 6.54 Å². The van der Waals surface area contributed by atoms with Crippen LogP contribution in [0, 0.1) is 0 Å². The van der Waals surface area contributed by atoms with Crippen molar-refractivity contribution >= 4 is 16.8 Å². The maximum absolute atomic E-state index is 12.9. The first-order valence-electron chi connectivity index (χ1n) is 10.4. The summed E-state index contributed by atoms with van der Waals surface area (Å²) in [5.41, 5.74) is 2.90. The van der Waals surface area contributed by atoms with Crippen LogP contribution in [0.4, 0.5) is 0 Å². The number of benzene rings is 2. The molecule has 0 spiro atoms. The van der Waals surface area contributed by atoms with Crippen molar-refractivity contribution in [2.75, 3.05) is 32.7 Å². The molecular weight excluding hydrogens is 374 g/mol. The van der Waals surface area contributed by atoms with Crippen molar-refractivity contribution in [3.63, 3.8) is 0 Å². The summed E-state index contributed by atoms with van der Waals surface area (Å²) < 4.78 is 2.21. The van der Waals surface area contributed by atoms with Crippen molar-refractivity contribution < 1.29 is 4.79 Å². The highest BCUT2D eigenvalue weighted by molar-refractivity contribution is 5.98. The number of nitrogens with one attached hydrogen (secondary N) is 1. The number of hydrogen-bond acceptors (Lipinski definition) is 3. The summed E-state index contributed by atoms with van der Waals surface area (Å²) in [4.78, 5) is 25.0. The average Bonchev–Trinajstić information content (AvgIpc) is 3.47. The number of piperazine rings is 1. The Bertz CT molecular complexity index is 1140. The van der Waals surface area contributed by atoms with E-state index in [4.69, 9.17) is 0 Å². The number of carbonyl (C=O) groups excluding carboxylic acids is 1. The van der Waals surface area contributed by atoms with Crippen molar-refractivity contribution in [2.24, 2.45) is 0 Å². The lowest BCUT2D eigenvalue weighted by Crippen LogP contribution is -2.49. The van der Waals surface area contributed by atoms with Gasteiger partial charge < -0.3 is 14.5 Å². The number of H-pyrrole nitrogens is 1. The Hall–Kier alpha value is -3.38. The number of fused-ring (bicyclic) bond motifs is 1. The van der Waals surface area contributed by atoms with Gasteiger partial charge in [-0.05, 0) is 23.6 Å². The second kappa shape index (κ2) is 8.16. The molecule has 3 heterocycles. The minimum absolute atomic E-state index is 0.118. The van der Waals surface area contributed by atoms with Crippen LogP contribution in [0.15, 0.2) is 73.2 Å². The molecule has 0 radical (unpaired) electrons. The molecule has 0 aliphatic carbocycles. The standard InChI is InChI=1S/C24H25N5O/c30-24(21-7-6-19-8-9-25-22(19)18-21)29-16-13-27(14-17-29)12-15-28-11-10-26-23(28)20-4-2-1-3-5-20/h1-11,18,25H,12-17H2. The molecule has 2 aromatic heterocycles. The molecule has 4 aromatic rings. The molecule has 1 fully saturated rings. The van der Waals surface area contributed by atoms with Gasteiger partial charge in [-0.3, -0.25) is 9.69 Å². The van der Waals surface area contributed by atoms with Crippen LogP contribution >= 0.6 is 0 Å². The third-order valence-electron chi connectivity index (χ3n) is 5.87. The Kier molecular flexibility index (Phi) is 5.07. The highest BCUT2D eigenvalue weighted by atomic mass is 16.2. The van der Waals surface area contributed by atoms with Gasteiger partial charge in [0.25, 0.3) is 5.91 Å². The minimum atomic E-state index is 0.118. The fourth-order valence-corrected chi connectivity index (χ4v) is 4.12. The molecule has 0 saturated carbocycles. The normalized spacial score (nSPS) is 15.0. The summed E-state index contributed by atoms with van der Waals surface area (Å²) in [5.74, 6) is 1.12. The summed E-state index contributed by atoms with van der Waals surface area (Å²) in [5, 5.41) is 1.13. The Labute approximate surface area is 175 Å². The number of aromatic nitrogens is 3. The van der Waals surface area contributed by atoms with Gasteiger partial charge in [0.2, 0.25) is 0 Å². The van der Waals surface area contributed by atoms with E-state index in [1.807, 2.05) is 66.0 Å². The third-order valence-corrected chi connectivity index (χ3v) is 5.87. The van der Waals surface area contributed by atoms with Crippen LogP contribution in [-0.4, -0.2) is 63.0 Å². The number of carbonyl (C=O) groups is 1. The lowest BCUT2D eigenvalue weighted by molar-refractivity contribution is 0.0633. The molecule has 6 heteroatoms. The smallest absolute Gasteiger partial charge is 0.254 e. The van der Waals surface area contributed by atoms with Gasteiger partial charge in [-0.1, -0.05) is 36.4 Å². The molecule has 2 aromatic carbocycles. The van der Waals surface area contributed by atoms with Gasteiger partial charge in [0.15, 0.2) is 0 Å². The fourth-order valence-electron chi connectivity index (χ4n) is 4.12. The van der Waals surface area contributed by atoms with Crippen LogP contribution in [0.5, 0.6) is 0 Å². The van der Waals surface area contributed by atoms with Crippen molar-refractivity contribution in [3.05, 3.63) is 78.8 Å². The summed E-state index contributed by atoms with van der Waals surface area (Å²) >= 11 is 0. The number of aromatic amines is 1. The van der Waals surface area contributed by atoms with E-state index in [1.54, 1.807) is 0 Å². The zero-order valence-corrected chi connectivity index (χ0v) is 16.9. The molecule has 30 heavy (non-hydrogen) atoms. The van der Waals surface area contributed by atoms with E-state index in [1.165, 1.54) is 0 Å². The lowest BCUT2D eigenvalue weighted by atomic mass is 10.1. The zero-order chi connectivity index (χ0) is 20.3. The van der Waals surface area contributed by atoms with Gasteiger partial charge in [-0.2, -0.15) is 0 Å². The first kappa shape index (κ1) is 18.6. The Balaban J connectivity index is 1.17. The van der Waals surface area contributed by atoms with Gasteiger partial charge in [-0.15, -0.1) is 0 Å². The molecule has 0 bridgehead atoms. The molecule has 152 valence electrons. The van der Waals surface area contributed by atoms with E-state index in [0.29, 0.717) is 0 Å². The highest BCUT2D eigenvalue weighted by Crippen LogP contribution is 2.18. The second-order valence-corrected chi connectivity index (χ2v) is 7.72.